The van der Waals surface area contributed by atoms with Gasteiger partial charge in [0.05, 0.1) is 11.6 Å². The molecule has 0 radical (unpaired) electrons. The summed E-state index contributed by atoms with van der Waals surface area (Å²) in [7, 11) is 0. The van der Waals surface area contributed by atoms with E-state index in [2.05, 4.69) is 5.32 Å². The van der Waals surface area contributed by atoms with Gasteiger partial charge in [0.1, 0.15) is 0 Å². The highest BCUT2D eigenvalue weighted by Crippen LogP contribution is 2.29. The lowest BCUT2D eigenvalue weighted by molar-refractivity contribution is -0.144. The fourth-order valence-electron chi connectivity index (χ4n) is 2.66. The van der Waals surface area contributed by atoms with Crippen molar-refractivity contribution in [3.63, 3.8) is 0 Å². The first-order valence-corrected chi connectivity index (χ1v) is 9.16. The SMILES string of the molecule is CCC[C@@H](NC(=O)COC(=O)/C=C/c1ccc(C(F)(F)F)cc1)c1ccccc1. The van der Waals surface area contributed by atoms with Gasteiger partial charge in [0.2, 0.25) is 0 Å². The van der Waals surface area contributed by atoms with E-state index in [1.807, 2.05) is 37.3 Å². The summed E-state index contributed by atoms with van der Waals surface area (Å²) in [5.74, 6) is -1.18. The third-order valence-corrected chi connectivity index (χ3v) is 4.11. The number of hydrogen-bond acceptors (Lipinski definition) is 3. The van der Waals surface area contributed by atoms with Gasteiger partial charge < -0.3 is 10.1 Å². The topological polar surface area (TPSA) is 55.4 Å². The number of carbonyl (C=O) groups is 2. The zero-order valence-electron chi connectivity index (χ0n) is 15.9. The third-order valence-electron chi connectivity index (χ3n) is 4.11. The van der Waals surface area contributed by atoms with Crippen LogP contribution in [0, 0.1) is 0 Å². The Morgan fingerprint density at radius 2 is 1.72 bits per heavy atom. The van der Waals surface area contributed by atoms with Crippen LogP contribution in [0.15, 0.2) is 60.7 Å². The van der Waals surface area contributed by atoms with E-state index in [1.165, 1.54) is 18.2 Å². The van der Waals surface area contributed by atoms with Crippen LogP contribution in [0.2, 0.25) is 0 Å². The van der Waals surface area contributed by atoms with Gasteiger partial charge in [-0.05, 0) is 35.8 Å². The number of alkyl halides is 3. The minimum Gasteiger partial charge on any atom is -0.452 e. The smallest absolute Gasteiger partial charge is 0.416 e. The van der Waals surface area contributed by atoms with Crippen LogP contribution < -0.4 is 5.32 Å². The van der Waals surface area contributed by atoms with E-state index in [0.29, 0.717) is 5.56 Å². The molecular formula is C22H22F3NO3. The molecule has 4 nitrogen and oxygen atoms in total. The summed E-state index contributed by atoms with van der Waals surface area (Å²) in [6.45, 7) is 1.57. The first-order chi connectivity index (χ1) is 13.8. The second-order valence-corrected chi connectivity index (χ2v) is 6.38. The minimum atomic E-state index is -4.41. The molecule has 0 aromatic heterocycles. The molecule has 154 valence electrons. The molecule has 1 amide bonds. The molecule has 0 aliphatic rings. The Morgan fingerprint density at radius 3 is 2.31 bits per heavy atom. The molecule has 1 atom stereocenters. The van der Waals surface area contributed by atoms with E-state index in [0.717, 1.165) is 36.6 Å². The van der Waals surface area contributed by atoms with Crippen molar-refractivity contribution in [1.29, 1.82) is 0 Å². The third kappa shape index (κ3) is 7.44. The molecule has 0 spiro atoms. The Bertz CT molecular complexity index is 831. The van der Waals surface area contributed by atoms with Crippen LogP contribution in [0.1, 0.15) is 42.5 Å². The van der Waals surface area contributed by atoms with Crippen LogP contribution in [0.25, 0.3) is 6.08 Å². The molecule has 0 aliphatic carbocycles. The van der Waals surface area contributed by atoms with Crippen molar-refractivity contribution in [2.24, 2.45) is 0 Å². The van der Waals surface area contributed by atoms with Crippen molar-refractivity contribution in [3.05, 3.63) is 77.4 Å². The van der Waals surface area contributed by atoms with Crippen LogP contribution >= 0.6 is 0 Å². The number of rotatable bonds is 8. The molecule has 0 unspecified atom stereocenters. The normalized spacial score (nSPS) is 12.6. The molecule has 0 heterocycles. The van der Waals surface area contributed by atoms with Crippen molar-refractivity contribution in [2.45, 2.75) is 32.0 Å². The van der Waals surface area contributed by atoms with E-state index >= 15 is 0 Å². The second kappa shape index (κ2) is 10.5. The van der Waals surface area contributed by atoms with E-state index in [4.69, 9.17) is 4.74 Å². The number of ether oxygens (including phenoxy) is 1. The molecule has 29 heavy (non-hydrogen) atoms. The van der Waals surface area contributed by atoms with Gasteiger partial charge in [0.15, 0.2) is 6.61 Å². The maximum Gasteiger partial charge on any atom is 0.416 e. The highest BCUT2D eigenvalue weighted by atomic mass is 19.4. The largest absolute Gasteiger partial charge is 0.452 e. The summed E-state index contributed by atoms with van der Waals surface area (Å²) in [4.78, 5) is 23.9. The molecule has 0 saturated heterocycles. The van der Waals surface area contributed by atoms with Crippen LogP contribution in [0.5, 0.6) is 0 Å². The van der Waals surface area contributed by atoms with Crippen molar-refractivity contribution >= 4 is 18.0 Å². The fraction of sp³-hybridized carbons (Fsp3) is 0.273. The number of hydrogen-bond donors (Lipinski definition) is 1. The van der Waals surface area contributed by atoms with E-state index in [1.54, 1.807) is 0 Å². The summed E-state index contributed by atoms with van der Waals surface area (Å²) in [6.07, 6.45) is -0.405. The molecule has 7 heteroatoms. The summed E-state index contributed by atoms with van der Waals surface area (Å²) >= 11 is 0. The standard InChI is InChI=1S/C22H22F3NO3/c1-2-6-19(17-7-4-3-5-8-17)26-20(27)15-29-21(28)14-11-16-9-12-18(13-10-16)22(23,24)25/h3-5,7-14,19H,2,6,15H2,1H3,(H,26,27)/b14-11+/t19-/m1/s1. The predicted octanol–water partition coefficient (Wildman–Crippen LogP) is 4.92. The Hall–Kier alpha value is -3.09. The van der Waals surface area contributed by atoms with Crippen LogP contribution in [-0.4, -0.2) is 18.5 Å². The number of amides is 1. The zero-order chi connectivity index (χ0) is 21.3. The Labute approximate surface area is 167 Å². The van der Waals surface area contributed by atoms with Gasteiger partial charge in [-0.2, -0.15) is 13.2 Å². The summed E-state index contributed by atoms with van der Waals surface area (Å²) < 4.78 is 42.5. The lowest BCUT2D eigenvalue weighted by Crippen LogP contribution is -2.32. The lowest BCUT2D eigenvalue weighted by Gasteiger charge is -2.18. The number of benzene rings is 2. The van der Waals surface area contributed by atoms with Crippen molar-refractivity contribution in [1.82, 2.24) is 5.32 Å². The number of esters is 1. The average Bonchev–Trinajstić information content (AvgIpc) is 2.70. The maximum atomic E-state index is 12.5. The molecule has 0 aliphatic heterocycles. The second-order valence-electron chi connectivity index (χ2n) is 6.38. The van der Waals surface area contributed by atoms with E-state index in [9.17, 15) is 22.8 Å². The quantitative estimate of drug-likeness (QED) is 0.501. The highest BCUT2D eigenvalue weighted by Gasteiger charge is 2.29. The maximum absolute atomic E-state index is 12.5. The first-order valence-electron chi connectivity index (χ1n) is 9.16. The molecule has 1 N–H and O–H groups in total. The number of halogens is 3. The molecule has 0 fully saturated rings. The van der Waals surface area contributed by atoms with Gasteiger partial charge in [0, 0.05) is 6.08 Å². The Kier molecular flexibility index (Phi) is 8.00. The van der Waals surface area contributed by atoms with Crippen LogP contribution in [-0.2, 0) is 20.5 Å². The summed E-state index contributed by atoms with van der Waals surface area (Å²) in [6, 6.07) is 13.7. The Balaban J connectivity index is 1.84. The van der Waals surface area contributed by atoms with E-state index in [-0.39, 0.29) is 6.04 Å². The fourth-order valence-corrected chi connectivity index (χ4v) is 2.66. The predicted molar refractivity (Wildman–Crippen MR) is 104 cm³/mol. The number of nitrogens with one attached hydrogen (secondary N) is 1. The monoisotopic (exact) mass is 405 g/mol. The average molecular weight is 405 g/mol. The van der Waals surface area contributed by atoms with Crippen LogP contribution in [0.3, 0.4) is 0 Å². The van der Waals surface area contributed by atoms with Gasteiger partial charge in [-0.25, -0.2) is 4.79 Å². The minimum absolute atomic E-state index is 0.171. The molecule has 2 aromatic carbocycles. The summed E-state index contributed by atoms with van der Waals surface area (Å²) in [5, 5.41) is 2.84. The van der Waals surface area contributed by atoms with Gasteiger partial charge in [0.25, 0.3) is 5.91 Å². The molecule has 0 saturated carbocycles. The van der Waals surface area contributed by atoms with E-state index < -0.39 is 30.2 Å². The van der Waals surface area contributed by atoms with Crippen LogP contribution in [0.4, 0.5) is 13.2 Å². The zero-order valence-corrected chi connectivity index (χ0v) is 15.9. The highest BCUT2D eigenvalue weighted by molar-refractivity contribution is 5.89. The van der Waals surface area contributed by atoms with Gasteiger partial charge >= 0.3 is 12.1 Å². The van der Waals surface area contributed by atoms with Gasteiger partial charge in [-0.3, -0.25) is 4.79 Å². The molecule has 2 aromatic rings. The number of carbonyl (C=O) groups excluding carboxylic acids is 2. The molecular weight excluding hydrogens is 383 g/mol. The molecule has 2 rings (SSSR count). The molecule has 0 bridgehead atoms. The van der Waals surface area contributed by atoms with Gasteiger partial charge in [-0.1, -0.05) is 55.8 Å². The van der Waals surface area contributed by atoms with Gasteiger partial charge in [-0.15, -0.1) is 0 Å². The Morgan fingerprint density at radius 1 is 1.07 bits per heavy atom. The van der Waals surface area contributed by atoms with Crippen molar-refractivity contribution in [3.8, 4) is 0 Å². The van der Waals surface area contributed by atoms with Crippen molar-refractivity contribution < 1.29 is 27.5 Å². The van der Waals surface area contributed by atoms with Crippen molar-refractivity contribution in [2.75, 3.05) is 6.61 Å². The summed E-state index contributed by atoms with van der Waals surface area (Å²) in [5.41, 5.74) is 0.608. The first kappa shape index (κ1) is 22.2. The lowest BCUT2D eigenvalue weighted by atomic mass is 10.0.